The highest BCUT2D eigenvalue weighted by atomic mass is 35.5. The fraction of sp³-hybridized carbons (Fsp3) is 0.500. The van der Waals surface area contributed by atoms with Crippen LogP contribution in [0, 0.1) is 0 Å². The molecule has 3 N–H and O–H groups in total. The van der Waals surface area contributed by atoms with Crippen LogP contribution in [-0.2, 0) is 4.79 Å². The molecular formula is C14H23ClN2O3. The predicted octanol–water partition coefficient (Wildman–Crippen LogP) is 2.58. The number of carbonyl (C=O) groups is 1. The van der Waals surface area contributed by atoms with Crippen LogP contribution in [0.2, 0.25) is 0 Å². The summed E-state index contributed by atoms with van der Waals surface area (Å²) in [6, 6.07) is 5.34. The molecule has 0 saturated heterocycles. The van der Waals surface area contributed by atoms with Crippen molar-refractivity contribution in [3.63, 3.8) is 0 Å². The van der Waals surface area contributed by atoms with Crippen LogP contribution >= 0.6 is 12.4 Å². The molecule has 0 bridgehead atoms. The molecule has 1 aromatic carbocycles. The van der Waals surface area contributed by atoms with Gasteiger partial charge in [0.15, 0.2) is 0 Å². The molecule has 0 aliphatic rings. The van der Waals surface area contributed by atoms with Crippen molar-refractivity contribution in [2.24, 2.45) is 5.73 Å². The van der Waals surface area contributed by atoms with Crippen molar-refractivity contribution < 1.29 is 14.3 Å². The average molecular weight is 303 g/mol. The van der Waals surface area contributed by atoms with E-state index in [1.807, 2.05) is 13.8 Å². The summed E-state index contributed by atoms with van der Waals surface area (Å²) in [5.41, 5.74) is 6.25. The molecule has 114 valence electrons. The van der Waals surface area contributed by atoms with E-state index in [1.165, 1.54) is 0 Å². The smallest absolute Gasteiger partial charge is 0.224 e. The number of benzene rings is 1. The van der Waals surface area contributed by atoms with E-state index < -0.39 is 0 Å². The van der Waals surface area contributed by atoms with E-state index in [-0.39, 0.29) is 24.4 Å². The van der Waals surface area contributed by atoms with Crippen LogP contribution in [0.3, 0.4) is 0 Å². The van der Waals surface area contributed by atoms with E-state index in [4.69, 9.17) is 15.2 Å². The minimum Gasteiger partial charge on any atom is -0.497 e. The zero-order valence-electron chi connectivity index (χ0n) is 12.1. The van der Waals surface area contributed by atoms with Gasteiger partial charge in [-0.1, -0.05) is 0 Å². The maximum atomic E-state index is 11.8. The van der Waals surface area contributed by atoms with Gasteiger partial charge in [0.1, 0.15) is 11.5 Å². The van der Waals surface area contributed by atoms with Crippen molar-refractivity contribution in [3.05, 3.63) is 18.2 Å². The Morgan fingerprint density at radius 2 is 2.15 bits per heavy atom. The van der Waals surface area contributed by atoms with Crippen molar-refractivity contribution in [1.82, 2.24) is 0 Å². The monoisotopic (exact) mass is 302 g/mol. The number of carbonyl (C=O) groups excluding carboxylic acids is 1. The first-order valence-electron chi connectivity index (χ1n) is 6.43. The Morgan fingerprint density at radius 3 is 2.70 bits per heavy atom. The Morgan fingerprint density at radius 1 is 1.45 bits per heavy atom. The van der Waals surface area contributed by atoms with Gasteiger partial charge < -0.3 is 20.5 Å². The molecule has 1 unspecified atom stereocenters. The van der Waals surface area contributed by atoms with Crippen LogP contribution in [0.15, 0.2) is 18.2 Å². The van der Waals surface area contributed by atoms with Gasteiger partial charge >= 0.3 is 0 Å². The van der Waals surface area contributed by atoms with Gasteiger partial charge in [-0.15, -0.1) is 12.4 Å². The maximum absolute atomic E-state index is 11.8. The second-order valence-electron chi connectivity index (χ2n) is 4.36. The first-order chi connectivity index (χ1) is 9.06. The number of ether oxygens (including phenoxy) is 2. The zero-order valence-corrected chi connectivity index (χ0v) is 13.0. The number of hydrogen-bond acceptors (Lipinski definition) is 4. The highest BCUT2D eigenvalue weighted by molar-refractivity contribution is 5.92. The summed E-state index contributed by atoms with van der Waals surface area (Å²) >= 11 is 0. The van der Waals surface area contributed by atoms with Gasteiger partial charge in [-0.05, 0) is 32.4 Å². The van der Waals surface area contributed by atoms with Crippen LogP contribution in [0.1, 0.15) is 26.7 Å². The summed E-state index contributed by atoms with van der Waals surface area (Å²) in [6.45, 7) is 4.31. The van der Waals surface area contributed by atoms with Crippen molar-refractivity contribution >= 4 is 24.0 Å². The molecule has 1 aromatic rings. The molecule has 20 heavy (non-hydrogen) atoms. The lowest BCUT2D eigenvalue weighted by Crippen LogP contribution is -2.19. The molecule has 0 radical (unpaired) electrons. The van der Waals surface area contributed by atoms with Crippen molar-refractivity contribution in [3.8, 4) is 11.5 Å². The number of hydrogen-bond donors (Lipinski definition) is 2. The normalized spacial score (nSPS) is 11.2. The lowest BCUT2D eigenvalue weighted by atomic mass is 10.2. The van der Waals surface area contributed by atoms with Crippen molar-refractivity contribution in [1.29, 1.82) is 0 Å². The SMILES string of the molecule is CCOc1ccc(OC)cc1NC(=O)CCC(C)N.Cl. The van der Waals surface area contributed by atoms with Gasteiger partial charge in [0.2, 0.25) is 5.91 Å². The summed E-state index contributed by atoms with van der Waals surface area (Å²) < 4.78 is 10.6. The van der Waals surface area contributed by atoms with Crippen LogP contribution in [0.25, 0.3) is 0 Å². The molecule has 1 atom stereocenters. The van der Waals surface area contributed by atoms with Gasteiger partial charge in [-0.3, -0.25) is 4.79 Å². The Labute approximate surface area is 126 Å². The topological polar surface area (TPSA) is 73.6 Å². The molecule has 0 aliphatic carbocycles. The number of amides is 1. The third-order valence-electron chi connectivity index (χ3n) is 2.59. The first kappa shape index (κ1) is 18.5. The highest BCUT2D eigenvalue weighted by Crippen LogP contribution is 2.29. The molecule has 6 heteroatoms. The zero-order chi connectivity index (χ0) is 14.3. The van der Waals surface area contributed by atoms with Crippen molar-refractivity contribution in [2.75, 3.05) is 19.0 Å². The molecule has 0 heterocycles. The van der Waals surface area contributed by atoms with Gasteiger partial charge in [0, 0.05) is 18.5 Å². The third kappa shape index (κ3) is 6.12. The number of methoxy groups -OCH3 is 1. The number of nitrogens with two attached hydrogens (primary N) is 1. The van der Waals surface area contributed by atoms with Crippen LogP contribution in [0.5, 0.6) is 11.5 Å². The molecule has 0 spiro atoms. The first-order valence-corrected chi connectivity index (χ1v) is 6.43. The van der Waals surface area contributed by atoms with E-state index in [9.17, 15) is 4.79 Å². The van der Waals surface area contributed by atoms with Gasteiger partial charge in [0.25, 0.3) is 0 Å². The summed E-state index contributed by atoms with van der Waals surface area (Å²) in [6.07, 6.45) is 1.04. The van der Waals surface area contributed by atoms with E-state index in [2.05, 4.69) is 5.32 Å². The second-order valence-corrected chi connectivity index (χ2v) is 4.36. The fourth-order valence-electron chi connectivity index (χ4n) is 1.59. The molecule has 1 rings (SSSR count). The standard InChI is InChI=1S/C14H22N2O3.ClH/c1-4-19-13-7-6-11(18-3)9-12(13)16-14(17)8-5-10(2)15;/h6-7,9-10H,4-5,8,15H2,1-3H3,(H,16,17);1H. The molecule has 0 fully saturated rings. The summed E-state index contributed by atoms with van der Waals surface area (Å²) in [5.74, 6) is 1.23. The molecule has 1 amide bonds. The fourth-order valence-corrected chi connectivity index (χ4v) is 1.59. The average Bonchev–Trinajstić information content (AvgIpc) is 2.38. The minimum absolute atomic E-state index is 0. The molecule has 0 aliphatic heterocycles. The van der Waals surface area contributed by atoms with Crippen LogP contribution in [-0.4, -0.2) is 25.7 Å². The third-order valence-corrected chi connectivity index (χ3v) is 2.59. The van der Waals surface area contributed by atoms with Gasteiger partial charge in [-0.2, -0.15) is 0 Å². The number of anilines is 1. The van der Waals surface area contributed by atoms with Gasteiger partial charge in [-0.25, -0.2) is 0 Å². The summed E-state index contributed by atoms with van der Waals surface area (Å²) in [5, 5.41) is 2.83. The molecule has 0 saturated carbocycles. The summed E-state index contributed by atoms with van der Waals surface area (Å²) in [4.78, 5) is 11.8. The summed E-state index contributed by atoms with van der Waals surface area (Å²) in [7, 11) is 1.58. The van der Waals surface area contributed by atoms with Gasteiger partial charge in [0.05, 0.1) is 19.4 Å². The number of halogens is 1. The minimum atomic E-state index is -0.0773. The number of nitrogens with one attached hydrogen (secondary N) is 1. The Kier molecular flexibility index (Phi) is 8.76. The van der Waals surface area contributed by atoms with E-state index in [1.54, 1.807) is 25.3 Å². The largest absolute Gasteiger partial charge is 0.497 e. The quantitative estimate of drug-likeness (QED) is 0.812. The number of rotatable bonds is 7. The van der Waals surface area contributed by atoms with Crippen LogP contribution in [0.4, 0.5) is 5.69 Å². The van der Waals surface area contributed by atoms with E-state index in [0.717, 1.165) is 0 Å². The van der Waals surface area contributed by atoms with E-state index in [0.29, 0.717) is 36.6 Å². The molecular weight excluding hydrogens is 280 g/mol. The Bertz CT molecular complexity index is 425. The second kappa shape index (κ2) is 9.44. The lowest BCUT2D eigenvalue weighted by molar-refractivity contribution is -0.116. The lowest BCUT2D eigenvalue weighted by Gasteiger charge is -2.13. The van der Waals surface area contributed by atoms with E-state index >= 15 is 0 Å². The molecule has 5 nitrogen and oxygen atoms in total. The molecule has 0 aromatic heterocycles. The Balaban J connectivity index is 0.00000361. The Hall–Kier alpha value is -1.46. The van der Waals surface area contributed by atoms with Crippen LogP contribution < -0.4 is 20.5 Å². The van der Waals surface area contributed by atoms with Crippen molar-refractivity contribution in [2.45, 2.75) is 32.7 Å². The predicted molar refractivity (Wildman–Crippen MR) is 82.9 cm³/mol. The maximum Gasteiger partial charge on any atom is 0.224 e. The highest BCUT2D eigenvalue weighted by Gasteiger charge is 2.10.